The van der Waals surface area contributed by atoms with Gasteiger partial charge in [-0.15, -0.1) is 5.10 Å². The number of hydrogen-bond acceptors (Lipinski definition) is 5. The Hall–Kier alpha value is -2.55. The molecule has 2 amide bonds. The second-order valence-corrected chi connectivity index (χ2v) is 4.15. The third-order valence-electron chi connectivity index (χ3n) is 2.06. The molecule has 0 saturated carbocycles. The smallest absolute Gasteiger partial charge is 0.338 e. The number of amides is 2. The molecule has 0 aliphatic carbocycles. The average Bonchev–Trinajstić information content (AvgIpc) is 2.81. The van der Waals surface area contributed by atoms with Crippen molar-refractivity contribution < 1.29 is 19.1 Å². The van der Waals surface area contributed by atoms with Crippen molar-refractivity contribution in [2.45, 2.75) is 0 Å². The second kappa shape index (κ2) is 5.40. The average molecular weight is 282 g/mol. The van der Waals surface area contributed by atoms with Crippen LogP contribution in [0, 0.1) is 5.82 Å². The number of nitrogens with zero attached hydrogens (tertiary/aromatic N) is 2. The first-order valence-corrected chi connectivity index (χ1v) is 5.72. The predicted molar refractivity (Wildman–Crippen MR) is 65.9 cm³/mol. The van der Waals surface area contributed by atoms with E-state index in [2.05, 4.69) is 20.2 Å². The van der Waals surface area contributed by atoms with Crippen LogP contribution in [0.5, 0.6) is 0 Å². The molecule has 2 rings (SSSR count). The van der Waals surface area contributed by atoms with Crippen LogP contribution in [0.25, 0.3) is 0 Å². The summed E-state index contributed by atoms with van der Waals surface area (Å²) in [7, 11) is 0. The topological polar surface area (TPSA) is 104 Å². The molecule has 9 heteroatoms. The molecule has 19 heavy (non-hydrogen) atoms. The SMILES string of the molecule is O=C(Nc1ccc(C(=O)O)c(F)c1)Nc1cnns1. The summed E-state index contributed by atoms with van der Waals surface area (Å²) in [5.74, 6) is -2.30. The molecule has 0 aliphatic heterocycles. The second-order valence-electron chi connectivity index (χ2n) is 3.36. The van der Waals surface area contributed by atoms with Crippen LogP contribution >= 0.6 is 11.5 Å². The number of hydrogen-bond donors (Lipinski definition) is 3. The lowest BCUT2D eigenvalue weighted by Crippen LogP contribution is -2.19. The maximum atomic E-state index is 13.4. The van der Waals surface area contributed by atoms with E-state index in [9.17, 15) is 14.0 Å². The minimum absolute atomic E-state index is 0.137. The van der Waals surface area contributed by atoms with E-state index in [1.807, 2.05) is 0 Å². The molecule has 0 atom stereocenters. The third-order valence-corrected chi connectivity index (χ3v) is 2.64. The van der Waals surface area contributed by atoms with E-state index in [4.69, 9.17) is 5.11 Å². The largest absolute Gasteiger partial charge is 0.478 e. The van der Waals surface area contributed by atoms with E-state index >= 15 is 0 Å². The van der Waals surface area contributed by atoms with Gasteiger partial charge in [-0.25, -0.2) is 14.0 Å². The van der Waals surface area contributed by atoms with Gasteiger partial charge in [0.2, 0.25) is 0 Å². The molecular formula is C10H7FN4O3S. The summed E-state index contributed by atoms with van der Waals surface area (Å²) in [5, 5.41) is 17.4. The Kier molecular flexibility index (Phi) is 3.66. The molecule has 98 valence electrons. The number of aromatic carboxylic acids is 1. The number of carbonyl (C=O) groups is 2. The molecule has 7 nitrogen and oxygen atoms in total. The van der Waals surface area contributed by atoms with Gasteiger partial charge in [-0.1, -0.05) is 4.49 Å². The van der Waals surface area contributed by atoms with Crippen LogP contribution in [0.1, 0.15) is 10.4 Å². The van der Waals surface area contributed by atoms with Gasteiger partial charge in [-0.3, -0.25) is 5.32 Å². The fraction of sp³-hybridized carbons (Fsp3) is 0. The van der Waals surface area contributed by atoms with Gasteiger partial charge in [0.1, 0.15) is 10.8 Å². The number of halogens is 1. The number of aromatic nitrogens is 2. The molecule has 1 aromatic heterocycles. The quantitative estimate of drug-likeness (QED) is 0.798. The van der Waals surface area contributed by atoms with Crippen molar-refractivity contribution in [3.05, 3.63) is 35.8 Å². The lowest BCUT2D eigenvalue weighted by atomic mass is 10.2. The van der Waals surface area contributed by atoms with E-state index in [-0.39, 0.29) is 5.69 Å². The summed E-state index contributed by atoms with van der Waals surface area (Å²) in [6.07, 6.45) is 1.36. The predicted octanol–water partition coefficient (Wildman–Crippen LogP) is 2.02. The van der Waals surface area contributed by atoms with Gasteiger partial charge in [-0.05, 0) is 18.2 Å². The van der Waals surface area contributed by atoms with Crippen LogP contribution in [-0.2, 0) is 0 Å². The molecule has 1 heterocycles. The van der Waals surface area contributed by atoms with Gasteiger partial charge >= 0.3 is 12.0 Å². The lowest BCUT2D eigenvalue weighted by molar-refractivity contribution is 0.0692. The highest BCUT2D eigenvalue weighted by Gasteiger charge is 2.11. The number of benzene rings is 1. The molecule has 2 aromatic rings. The number of anilines is 2. The van der Waals surface area contributed by atoms with Gasteiger partial charge in [-0.2, -0.15) is 0 Å². The monoisotopic (exact) mass is 282 g/mol. The van der Waals surface area contributed by atoms with Crippen molar-refractivity contribution in [2.75, 3.05) is 10.6 Å². The summed E-state index contributed by atoms with van der Waals surface area (Å²) in [6.45, 7) is 0. The Labute approximate surface area is 110 Å². The fourth-order valence-electron chi connectivity index (χ4n) is 1.26. The van der Waals surface area contributed by atoms with Gasteiger partial charge in [0.15, 0.2) is 0 Å². The zero-order valence-corrected chi connectivity index (χ0v) is 10.1. The standard InChI is InChI=1S/C10H7FN4O3S/c11-7-3-5(1-2-6(7)9(16)17)13-10(18)14-8-4-12-15-19-8/h1-4H,(H,16,17)(H2,13,14,18). The van der Waals surface area contributed by atoms with Crippen molar-refractivity contribution in [1.29, 1.82) is 0 Å². The van der Waals surface area contributed by atoms with E-state index in [1.54, 1.807) is 0 Å². The molecule has 0 radical (unpaired) electrons. The van der Waals surface area contributed by atoms with E-state index in [0.717, 1.165) is 23.7 Å². The first kappa shape index (κ1) is 12.9. The van der Waals surface area contributed by atoms with Crippen molar-refractivity contribution in [3.8, 4) is 0 Å². The summed E-state index contributed by atoms with van der Waals surface area (Å²) < 4.78 is 16.9. The van der Waals surface area contributed by atoms with Gasteiger partial charge in [0.05, 0.1) is 11.8 Å². The van der Waals surface area contributed by atoms with Crippen LogP contribution in [0.3, 0.4) is 0 Å². The fourth-order valence-corrected chi connectivity index (χ4v) is 1.68. The molecule has 0 saturated heterocycles. The number of urea groups is 1. The van der Waals surface area contributed by atoms with Gasteiger partial charge < -0.3 is 10.4 Å². The first-order chi connectivity index (χ1) is 9.06. The van der Waals surface area contributed by atoms with Gasteiger partial charge in [0, 0.05) is 17.2 Å². The maximum Gasteiger partial charge on any atom is 0.338 e. The number of nitrogens with one attached hydrogen (secondary N) is 2. The Morgan fingerprint density at radius 3 is 2.68 bits per heavy atom. The zero-order chi connectivity index (χ0) is 13.8. The van der Waals surface area contributed by atoms with E-state index < -0.39 is 23.4 Å². The number of carboxylic acid groups (broad SMARTS) is 1. The Bertz CT molecular complexity index is 617. The minimum Gasteiger partial charge on any atom is -0.478 e. The maximum absolute atomic E-state index is 13.4. The van der Waals surface area contributed by atoms with Crippen LogP contribution in [0.2, 0.25) is 0 Å². The highest BCUT2D eigenvalue weighted by atomic mass is 32.1. The first-order valence-electron chi connectivity index (χ1n) is 4.94. The molecule has 3 N–H and O–H groups in total. The minimum atomic E-state index is -1.37. The molecule has 0 bridgehead atoms. The van der Waals surface area contributed by atoms with Crippen LogP contribution in [0.15, 0.2) is 24.4 Å². The summed E-state index contributed by atoms with van der Waals surface area (Å²) in [4.78, 5) is 22.1. The lowest BCUT2D eigenvalue weighted by Gasteiger charge is -2.06. The van der Waals surface area contributed by atoms with Crippen LogP contribution < -0.4 is 10.6 Å². The van der Waals surface area contributed by atoms with Crippen LogP contribution in [-0.4, -0.2) is 26.7 Å². The summed E-state index contributed by atoms with van der Waals surface area (Å²) >= 11 is 0.986. The zero-order valence-electron chi connectivity index (χ0n) is 9.25. The summed E-state index contributed by atoms with van der Waals surface area (Å²) in [5.41, 5.74) is -0.324. The molecular weight excluding hydrogens is 275 g/mol. The van der Waals surface area contributed by atoms with Crippen molar-refractivity contribution >= 4 is 34.2 Å². The summed E-state index contributed by atoms with van der Waals surface area (Å²) in [6, 6.07) is 2.68. The number of carbonyl (C=O) groups excluding carboxylic acids is 1. The van der Waals surface area contributed by atoms with E-state index in [0.29, 0.717) is 5.00 Å². The third kappa shape index (κ3) is 3.22. The Balaban J connectivity index is 2.05. The number of carboxylic acids is 1. The molecule has 0 spiro atoms. The Morgan fingerprint density at radius 2 is 2.11 bits per heavy atom. The van der Waals surface area contributed by atoms with Crippen molar-refractivity contribution in [1.82, 2.24) is 9.59 Å². The highest BCUT2D eigenvalue weighted by molar-refractivity contribution is 7.10. The normalized spacial score (nSPS) is 9.95. The van der Waals surface area contributed by atoms with E-state index in [1.165, 1.54) is 12.3 Å². The van der Waals surface area contributed by atoms with Crippen molar-refractivity contribution in [2.24, 2.45) is 0 Å². The highest BCUT2D eigenvalue weighted by Crippen LogP contribution is 2.15. The number of rotatable bonds is 3. The molecule has 0 fully saturated rings. The Morgan fingerprint density at radius 1 is 1.32 bits per heavy atom. The molecule has 0 aliphatic rings. The molecule has 1 aromatic carbocycles. The molecule has 0 unspecified atom stereocenters. The van der Waals surface area contributed by atoms with Gasteiger partial charge in [0.25, 0.3) is 0 Å². The van der Waals surface area contributed by atoms with Crippen molar-refractivity contribution in [3.63, 3.8) is 0 Å². The van der Waals surface area contributed by atoms with Crippen LogP contribution in [0.4, 0.5) is 19.9 Å².